The highest BCUT2D eigenvalue weighted by atomic mass is 15.1. The predicted molar refractivity (Wildman–Crippen MR) is 133 cm³/mol. The van der Waals surface area contributed by atoms with Crippen molar-refractivity contribution in [2.24, 2.45) is 0 Å². The molecule has 0 bridgehead atoms. The van der Waals surface area contributed by atoms with Crippen molar-refractivity contribution in [2.45, 2.75) is 6.54 Å². The van der Waals surface area contributed by atoms with E-state index in [1.54, 1.807) is 12.4 Å². The molecular weight excluding hydrogens is 424 g/mol. The molecule has 8 heteroatoms. The second-order valence-corrected chi connectivity index (χ2v) is 8.52. The zero-order valence-corrected chi connectivity index (χ0v) is 18.8. The first kappa shape index (κ1) is 20.2. The van der Waals surface area contributed by atoms with Crippen molar-refractivity contribution in [2.75, 3.05) is 14.1 Å². The van der Waals surface area contributed by atoms with Crippen molar-refractivity contribution in [1.29, 1.82) is 0 Å². The fourth-order valence-electron chi connectivity index (χ4n) is 4.26. The van der Waals surface area contributed by atoms with Crippen LogP contribution < -0.4 is 0 Å². The second kappa shape index (κ2) is 8.17. The Morgan fingerprint density at radius 2 is 1.76 bits per heavy atom. The van der Waals surface area contributed by atoms with Gasteiger partial charge in [0.2, 0.25) is 0 Å². The van der Waals surface area contributed by atoms with Crippen LogP contribution in [-0.4, -0.2) is 54.1 Å². The molecule has 0 atom stereocenters. The molecule has 0 radical (unpaired) electrons. The number of fused-ring (bicyclic) bond motifs is 2. The average Bonchev–Trinajstić information content (AvgIpc) is 3.48. The second-order valence-electron chi connectivity index (χ2n) is 8.52. The number of H-pyrrole nitrogens is 2. The van der Waals surface area contributed by atoms with E-state index in [9.17, 15) is 0 Å². The standard InChI is InChI=1S/C26H22N8/c1-34(2)15-16-11-18(14-28-13-16)21-3-4-22-24(30-21)25(33-32-22)23-12-20-19(7-10-29-26(20)31-23)17-5-8-27-9-6-17/h3-14H,15H2,1-2H3,(H,29,31)(H,32,33). The van der Waals surface area contributed by atoms with Crippen LogP contribution in [0, 0.1) is 0 Å². The number of pyridine rings is 4. The third-order valence-corrected chi connectivity index (χ3v) is 5.78. The van der Waals surface area contributed by atoms with Crippen molar-refractivity contribution in [1.82, 2.24) is 40.0 Å². The summed E-state index contributed by atoms with van der Waals surface area (Å²) in [5.74, 6) is 0. The summed E-state index contributed by atoms with van der Waals surface area (Å²) >= 11 is 0. The van der Waals surface area contributed by atoms with E-state index in [4.69, 9.17) is 4.98 Å². The van der Waals surface area contributed by atoms with Crippen LogP contribution in [-0.2, 0) is 6.54 Å². The van der Waals surface area contributed by atoms with E-state index < -0.39 is 0 Å². The van der Waals surface area contributed by atoms with E-state index in [2.05, 4.69) is 47.2 Å². The topological polar surface area (TPSA) is 99.3 Å². The molecule has 8 nitrogen and oxygen atoms in total. The zero-order valence-electron chi connectivity index (χ0n) is 18.8. The SMILES string of the molecule is CN(C)Cc1cncc(-c2ccc3[nH]nc(-c4cc5c(-c6ccncc6)ccnc5[nH]4)c3n2)c1. The average molecular weight is 447 g/mol. The van der Waals surface area contributed by atoms with E-state index >= 15 is 0 Å². The maximum absolute atomic E-state index is 4.96. The van der Waals surface area contributed by atoms with Gasteiger partial charge in [0.05, 0.1) is 16.9 Å². The molecule has 166 valence electrons. The van der Waals surface area contributed by atoms with Crippen molar-refractivity contribution >= 4 is 22.1 Å². The van der Waals surface area contributed by atoms with Gasteiger partial charge in [0.15, 0.2) is 0 Å². The third kappa shape index (κ3) is 3.60. The quantitative estimate of drug-likeness (QED) is 0.399. The fourth-order valence-corrected chi connectivity index (χ4v) is 4.26. The van der Waals surface area contributed by atoms with Crippen LogP contribution in [0.25, 0.3) is 55.8 Å². The van der Waals surface area contributed by atoms with E-state index in [0.29, 0.717) is 0 Å². The molecule has 2 N–H and O–H groups in total. The molecule has 0 aliphatic rings. The highest BCUT2D eigenvalue weighted by Gasteiger charge is 2.16. The molecule has 0 aliphatic heterocycles. The van der Waals surface area contributed by atoms with Crippen LogP contribution in [0.15, 0.2) is 73.4 Å². The maximum Gasteiger partial charge on any atom is 0.138 e. The molecule has 0 amide bonds. The first-order chi connectivity index (χ1) is 16.7. The van der Waals surface area contributed by atoms with Gasteiger partial charge in [-0.2, -0.15) is 5.10 Å². The van der Waals surface area contributed by atoms with Gasteiger partial charge in [-0.25, -0.2) is 9.97 Å². The van der Waals surface area contributed by atoms with Crippen LogP contribution in [0.4, 0.5) is 0 Å². The summed E-state index contributed by atoms with van der Waals surface area (Å²) < 4.78 is 0. The molecule has 6 aromatic rings. The van der Waals surface area contributed by atoms with E-state index in [1.165, 1.54) is 0 Å². The number of rotatable bonds is 5. The Bertz CT molecular complexity index is 1610. The third-order valence-electron chi connectivity index (χ3n) is 5.78. The van der Waals surface area contributed by atoms with Gasteiger partial charge in [0.1, 0.15) is 16.9 Å². The number of aromatic amines is 2. The summed E-state index contributed by atoms with van der Waals surface area (Å²) in [5.41, 5.74) is 9.25. The van der Waals surface area contributed by atoms with Crippen LogP contribution in [0.5, 0.6) is 0 Å². The summed E-state index contributed by atoms with van der Waals surface area (Å²) in [5, 5.41) is 8.71. The summed E-state index contributed by atoms with van der Waals surface area (Å²) in [6.07, 6.45) is 9.14. The smallest absolute Gasteiger partial charge is 0.138 e. The Morgan fingerprint density at radius 1 is 0.882 bits per heavy atom. The molecular formula is C26H22N8. The molecule has 0 saturated heterocycles. The monoisotopic (exact) mass is 446 g/mol. The largest absolute Gasteiger partial charge is 0.338 e. The number of hydrogen-bond acceptors (Lipinski definition) is 6. The normalized spacial score (nSPS) is 11.6. The Labute approximate surface area is 195 Å². The minimum atomic E-state index is 0.757. The summed E-state index contributed by atoms with van der Waals surface area (Å²) in [6, 6.07) is 14.2. The number of nitrogens with zero attached hydrogens (tertiary/aromatic N) is 6. The molecule has 0 unspecified atom stereocenters. The fraction of sp³-hybridized carbons (Fsp3) is 0.115. The van der Waals surface area contributed by atoms with Crippen LogP contribution >= 0.6 is 0 Å². The van der Waals surface area contributed by atoms with Crippen molar-refractivity contribution in [3.8, 4) is 33.8 Å². The molecule has 0 fully saturated rings. The van der Waals surface area contributed by atoms with Crippen molar-refractivity contribution in [3.05, 3.63) is 79.0 Å². The van der Waals surface area contributed by atoms with E-state index in [1.807, 2.05) is 63.0 Å². The Kier molecular flexibility index (Phi) is 4.85. The summed E-state index contributed by atoms with van der Waals surface area (Å²) in [6.45, 7) is 0.821. The predicted octanol–water partition coefficient (Wildman–Crippen LogP) is 4.69. The molecule has 6 aromatic heterocycles. The zero-order chi connectivity index (χ0) is 23.1. The van der Waals surface area contributed by atoms with Gasteiger partial charge >= 0.3 is 0 Å². The number of nitrogens with one attached hydrogen (secondary N) is 2. The van der Waals surface area contributed by atoms with Crippen LogP contribution in [0.2, 0.25) is 0 Å². The molecule has 34 heavy (non-hydrogen) atoms. The van der Waals surface area contributed by atoms with Gasteiger partial charge in [-0.1, -0.05) is 0 Å². The minimum Gasteiger partial charge on any atom is -0.338 e. The lowest BCUT2D eigenvalue weighted by Gasteiger charge is -2.10. The van der Waals surface area contributed by atoms with E-state index in [-0.39, 0.29) is 0 Å². The van der Waals surface area contributed by atoms with Gasteiger partial charge in [0, 0.05) is 48.5 Å². The molecule has 0 aromatic carbocycles. The van der Waals surface area contributed by atoms with Gasteiger partial charge in [0.25, 0.3) is 0 Å². The van der Waals surface area contributed by atoms with E-state index in [0.717, 1.165) is 67.9 Å². The first-order valence-electron chi connectivity index (χ1n) is 11.0. The lowest BCUT2D eigenvalue weighted by atomic mass is 10.1. The van der Waals surface area contributed by atoms with Gasteiger partial charge < -0.3 is 9.88 Å². The molecule has 0 aliphatic carbocycles. The maximum atomic E-state index is 4.96. The molecule has 6 heterocycles. The van der Waals surface area contributed by atoms with Gasteiger partial charge in [-0.3, -0.25) is 15.1 Å². The lowest BCUT2D eigenvalue weighted by molar-refractivity contribution is 0.402. The lowest BCUT2D eigenvalue weighted by Crippen LogP contribution is -2.10. The highest BCUT2D eigenvalue weighted by molar-refractivity contribution is 5.98. The number of aromatic nitrogens is 7. The minimum absolute atomic E-state index is 0.757. The van der Waals surface area contributed by atoms with Gasteiger partial charge in [-0.05, 0) is 73.3 Å². The highest BCUT2D eigenvalue weighted by Crippen LogP contribution is 2.33. The molecule has 0 spiro atoms. The number of hydrogen-bond donors (Lipinski definition) is 2. The van der Waals surface area contributed by atoms with Crippen molar-refractivity contribution in [3.63, 3.8) is 0 Å². The first-order valence-corrected chi connectivity index (χ1v) is 11.0. The molecule has 0 saturated carbocycles. The molecule has 6 rings (SSSR count). The van der Waals surface area contributed by atoms with Gasteiger partial charge in [-0.15, -0.1) is 0 Å². The Morgan fingerprint density at radius 3 is 2.62 bits per heavy atom. The summed E-state index contributed by atoms with van der Waals surface area (Å²) in [7, 11) is 4.09. The van der Waals surface area contributed by atoms with Crippen LogP contribution in [0.1, 0.15) is 5.56 Å². The Balaban J connectivity index is 1.45. The summed E-state index contributed by atoms with van der Waals surface area (Å²) in [4.78, 5) is 23.6. The van der Waals surface area contributed by atoms with Crippen molar-refractivity contribution < 1.29 is 0 Å². The Hall–Kier alpha value is -4.43. The van der Waals surface area contributed by atoms with Crippen LogP contribution in [0.3, 0.4) is 0 Å².